The predicted octanol–water partition coefficient (Wildman–Crippen LogP) is -0.663. The number of amides is 1. The fourth-order valence-corrected chi connectivity index (χ4v) is 0.670. The van der Waals surface area contributed by atoms with Gasteiger partial charge in [0.15, 0.2) is 0 Å². The Hall–Kier alpha value is -1.10. The molecule has 0 aliphatic heterocycles. The van der Waals surface area contributed by atoms with Crippen molar-refractivity contribution in [3.05, 3.63) is 0 Å². The molecule has 0 saturated heterocycles. The summed E-state index contributed by atoms with van der Waals surface area (Å²) in [5.41, 5.74) is 7.23. The summed E-state index contributed by atoms with van der Waals surface area (Å²) in [4.78, 5) is 21.4. The molecule has 0 saturated carbocycles. The molecule has 0 aromatic rings. The zero-order valence-corrected chi connectivity index (χ0v) is 7.22. The summed E-state index contributed by atoms with van der Waals surface area (Å²) in [7, 11) is 2.74. The van der Waals surface area contributed by atoms with Gasteiger partial charge in [-0.05, 0) is 6.42 Å². The first-order valence-corrected chi connectivity index (χ1v) is 3.61. The van der Waals surface area contributed by atoms with Gasteiger partial charge in [-0.3, -0.25) is 9.59 Å². The van der Waals surface area contributed by atoms with Crippen molar-refractivity contribution < 1.29 is 14.3 Å². The third-order valence-corrected chi connectivity index (χ3v) is 1.43. The fraction of sp³-hybridized carbons (Fsp3) is 0.714. The van der Waals surface area contributed by atoms with Crippen LogP contribution in [0.5, 0.6) is 0 Å². The molecule has 1 radical (unpaired) electrons. The summed E-state index contributed by atoms with van der Waals surface area (Å²) in [6.07, 6.45) is 0.310. The van der Waals surface area contributed by atoms with Crippen LogP contribution in [-0.4, -0.2) is 32.1 Å². The largest absolute Gasteiger partial charge is 0.469 e. The van der Waals surface area contributed by atoms with Crippen LogP contribution < -0.4 is 11.1 Å². The number of carbonyl (C=O) groups is 2. The molecule has 1 atom stereocenters. The molecule has 0 aromatic heterocycles. The molecule has 0 fully saturated rings. The van der Waals surface area contributed by atoms with Gasteiger partial charge in [-0.15, -0.1) is 0 Å². The Kier molecular flexibility index (Phi) is 5.03. The summed E-state index contributed by atoms with van der Waals surface area (Å²) in [5.74, 6) is -0.768. The van der Waals surface area contributed by atoms with E-state index in [2.05, 4.69) is 10.1 Å². The maximum atomic E-state index is 10.8. The van der Waals surface area contributed by atoms with Crippen molar-refractivity contribution in [2.24, 2.45) is 0 Å². The van der Waals surface area contributed by atoms with Crippen LogP contribution in [0.1, 0.15) is 12.8 Å². The van der Waals surface area contributed by atoms with Crippen molar-refractivity contribution in [3.63, 3.8) is 0 Å². The molecule has 0 bridgehead atoms. The van der Waals surface area contributed by atoms with Gasteiger partial charge in [-0.25, -0.2) is 5.73 Å². The number of carbonyl (C=O) groups excluding carboxylic acids is 2. The van der Waals surface area contributed by atoms with E-state index in [1.807, 2.05) is 0 Å². The number of ether oxygens (including phenoxy) is 1. The molecule has 0 aliphatic carbocycles. The lowest BCUT2D eigenvalue weighted by atomic mass is 10.1. The van der Waals surface area contributed by atoms with Crippen molar-refractivity contribution in [1.82, 2.24) is 11.1 Å². The first-order valence-electron chi connectivity index (χ1n) is 3.61. The molecule has 5 heteroatoms. The third kappa shape index (κ3) is 3.92. The molecule has 2 N–H and O–H groups in total. The van der Waals surface area contributed by atoms with Gasteiger partial charge in [-0.2, -0.15) is 0 Å². The lowest BCUT2D eigenvalue weighted by Crippen LogP contribution is -2.33. The second kappa shape index (κ2) is 5.54. The van der Waals surface area contributed by atoms with E-state index in [0.29, 0.717) is 0 Å². The highest BCUT2D eigenvalue weighted by Crippen LogP contribution is 1.97. The smallest absolute Gasteiger partial charge is 0.305 e. The quantitative estimate of drug-likeness (QED) is 0.573. The van der Waals surface area contributed by atoms with E-state index in [-0.39, 0.29) is 18.7 Å². The van der Waals surface area contributed by atoms with Gasteiger partial charge < -0.3 is 10.1 Å². The van der Waals surface area contributed by atoms with Gasteiger partial charge in [0.25, 0.3) is 0 Å². The molecule has 12 heavy (non-hydrogen) atoms. The van der Waals surface area contributed by atoms with Crippen LogP contribution in [-0.2, 0) is 14.3 Å². The van der Waals surface area contributed by atoms with Gasteiger partial charge in [0.05, 0.1) is 7.11 Å². The van der Waals surface area contributed by atoms with Crippen LogP contribution in [0, 0.1) is 0 Å². The topological polar surface area (TPSA) is 79.2 Å². The highest BCUT2D eigenvalue weighted by Gasteiger charge is 2.13. The number of methoxy groups -OCH3 is 1. The van der Waals surface area contributed by atoms with Crippen LogP contribution in [0.3, 0.4) is 0 Å². The van der Waals surface area contributed by atoms with E-state index in [1.165, 1.54) is 14.2 Å². The summed E-state index contributed by atoms with van der Waals surface area (Å²) < 4.78 is 4.36. The zero-order chi connectivity index (χ0) is 9.56. The van der Waals surface area contributed by atoms with Gasteiger partial charge in [0.1, 0.15) is 6.04 Å². The molecular weight excluding hydrogens is 160 g/mol. The second-order valence-electron chi connectivity index (χ2n) is 2.28. The standard InChI is InChI=1S/C7H13N2O3/c1-9-7(11)5(8)3-4-6(10)12-2/h5,8H,3-4H2,1-2H3,(H,9,11). The van der Waals surface area contributed by atoms with E-state index in [4.69, 9.17) is 5.73 Å². The minimum atomic E-state index is -0.880. The van der Waals surface area contributed by atoms with Crippen LogP contribution in [0.15, 0.2) is 0 Å². The molecule has 1 unspecified atom stereocenters. The van der Waals surface area contributed by atoms with Gasteiger partial charge >= 0.3 is 5.97 Å². The van der Waals surface area contributed by atoms with E-state index < -0.39 is 12.0 Å². The minimum absolute atomic E-state index is 0.109. The zero-order valence-electron chi connectivity index (χ0n) is 7.22. The lowest BCUT2D eigenvalue weighted by Gasteiger charge is -2.06. The highest BCUT2D eigenvalue weighted by molar-refractivity contribution is 5.81. The lowest BCUT2D eigenvalue weighted by molar-refractivity contribution is -0.140. The summed E-state index contributed by atoms with van der Waals surface area (Å²) in [6, 6.07) is -0.880. The molecule has 0 aromatic carbocycles. The molecule has 0 aliphatic rings. The highest BCUT2D eigenvalue weighted by atomic mass is 16.5. The van der Waals surface area contributed by atoms with Crippen molar-refractivity contribution in [1.29, 1.82) is 0 Å². The number of rotatable bonds is 4. The Labute approximate surface area is 71.3 Å². The monoisotopic (exact) mass is 173 g/mol. The van der Waals surface area contributed by atoms with Crippen molar-refractivity contribution in [3.8, 4) is 0 Å². The first-order chi connectivity index (χ1) is 5.61. The van der Waals surface area contributed by atoms with Crippen LogP contribution >= 0.6 is 0 Å². The van der Waals surface area contributed by atoms with E-state index in [1.54, 1.807) is 0 Å². The van der Waals surface area contributed by atoms with Gasteiger partial charge in [0.2, 0.25) is 5.91 Å². The van der Waals surface area contributed by atoms with E-state index in [0.717, 1.165) is 0 Å². The third-order valence-electron chi connectivity index (χ3n) is 1.43. The number of esters is 1. The predicted molar refractivity (Wildman–Crippen MR) is 42.2 cm³/mol. The van der Waals surface area contributed by atoms with Crippen molar-refractivity contribution >= 4 is 11.9 Å². The Bertz CT molecular complexity index is 170. The molecule has 0 rings (SSSR count). The average molecular weight is 173 g/mol. The van der Waals surface area contributed by atoms with Crippen molar-refractivity contribution in [2.45, 2.75) is 18.9 Å². The first kappa shape index (κ1) is 10.9. The average Bonchev–Trinajstić information content (AvgIpc) is 2.11. The Morgan fingerprint density at radius 1 is 1.58 bits per heavy atom. The summed E-state index contributed by atoms with van der Waals surface area (Å²) in [5, 5.41) is 2.33. The molecule has 0 spiro atoms. The maximum absolute atomic E-state index is 10.8. The molecule has 69 valence electrons. The van der Waals surface area contributed by atoms with Gasteiger partial charge in [-0.1, -0.05) is 0 Å². The fourth-order valence-electron chi connectivity index (χ4n) is 0.670. The number of hydrogen-bond acceptors (Lipinski definition) is 3. The number of hydrogen-bond donors (Lipinski definition) is 1. The van der Waals surface area contributed by atoms with Crippen LogP contribution in [0.4, 0.5) is 0 Å². The molecule has 0 heterocycles. The molecule has 5 nitrogen and oxygen atoms in total. The van der Waals surface area contributed by atoms with Crippen LogP contribution in [0.25, 0.3) is 0 Å². The summed E-state index contributed by atoms with van der Waals surface area (Å²) in [6.45, 7) is 0. The van der Waals surface area contributed by atoms with E-state index >= 15 is 0 Å². The molecular formula is C7H13N2O3. The SMILES string of the molecule is CNC(=O)C([NH])CCC(=O)OC. The maximum Gasteiger partial charge on any atom is 0.305 e. The summed E-state index contributed by atoms with van der Waals surface area (Å²) >= 11 is 0. The van der Waals surface area contributed by atoms with Crippen molar-refractivity contribution in [2.75, 3.05) is 14.2 Å². The van der Waals surface area contributed by atoms with Crippen LogP contribution in [0.2, 0.25) is 0 Å². The number of nitrogens with one attached hydrogen (secondary N) is 2. The Morgan fingerprint density at radius 2 is 2.17 bits per heavy atom. The van der Waals surface area contributed by atoms with E-state index in [9.17, 15) is 9.59 Å². The normalized spacial score (nSPS) is 11.9. The Morgan fingerprint density at radius 3 is 2.58 bits per heavy atom. The minimum Gasteiger partial charge on any atom is -0.469 e. The molecule has 1 amide bonds. The second-order valence-corrected chi connectivity index (χ2v) is 2.28. The Balaban J connectivity index is 3.63. The van der Waals surface area contributed by atoms with Gasteiger partial charge in [0, 0.05) is 13.5 Å². The number of likely N-dealkylation sites (N-methyl/N-ethyl adjacent to an activating group) is 1.